The van der Waals surface area contributed by atoms with Gasteiger partial charge in [-0.05, 0) is 25.7 Å². The summed E-state index contributed by atoms with van der Waals surface area (Å²) in [4.78, 5) is 3.16. The minimum atomic E-state index is 1.33. The van der Waals surface area contributed by atoms with Crippen LogP contribution in [0.5, 0.6) is 0 Å². The summed E-state index contributed by atoms with van der Waals surface area (Å²) >= 11 is 0. The number of hydrogen-bond donors (Lipinski definition) is 2. The third-order valence-electron chi connectivity index (χ3n) is 2.35. The van der Waals surface area contributed by atoms with E-state index < -0.39 is 0 Å². The van der Waals surface area contributed by atoms with Crippen molar-refractivity contribution in [1.29, 1.82) is 0 Å². The number of nitrogens with one attached hydrogen (secondary N) is 2. The SMILES string of the molecule is C[NH+](C)CCCCCCC[NH+](C)C. The van der Waals surface area contributed by atoms with Gasteiger partial charge >= 0.3 is 0 Å². The van der Waals surface area contributed by atoms with Gasteiger partial charge in [-0.25, -0.2) is 0 Å². The maximum atomic E-state index is 2.23. The van der Waals surface area contributed by atoms with Gasteiger partial charge in [-0.2, -0.15) is 0 Å². The van der Waals surface area contributed by atoms with Gasteiger partial charge in [-0.3, -0.25) is 0 Å². The first-order chi connectivity index (χ1) is 6.13. The summed E-state index contributed by atoms with van der Waals surface area (Å²) in [6.07, 6.45) is 7.08. The fraction of sp³-hybridized carbons (Fsp3) is 1.00. The second-order valence-corrected chi connectivity index (χ2v) is 4.68. The summed E-state index contributed by atoms with van der Waals surface area (Å²) in [7, 11) is 8.93. The fourth-order valence-electron chi connectivity index (χ4n) is 1.49. The van der Waals surface area contributed by atoms with Crippen molar-refractivity contribution in [2.24, 2.45) is 0 Å². The summed E-state index contributed by atoms with van der Waals surface area (Å²) in [6, 6.07) is 0. The second kappa shape index (κ2) is 8.52. The molecule has 13 heavy (non-hydrogen) atoms. The van der Waals surface area contributed by atoms with Crippen molar-refractivity contribution in [3.8, 4) is 0 Å². The van der Waals surface area contributed by atoms with Gasteiger partial charge in [0, 0.05) is 0 Å². The fourth-order valence-corrected chi connectivity index (χ4v) is 1.49. The van der Waals surface area contributed by atoms with E-state index in [4.69, 9.17) is 0 Å². The molecule has 0 radical (unpaired) electrons. The lowest BCUT2D eigenvalue weighted by Gasteiger charge is -2.07. The molecule has 0 amide bonds. The van der Waals surface area contributed by atoms with Crippen LogP contribution in [-0.4, -0.2) is 41.3 Å². The minimum Gasteiger partial charge on any atom is -0.340 e. The molecular formula is C11H28N2+2. The van der Waals surface area contributed by atoms with Crippen molar-refractivity contribution < 1.29 is 9.80 Å². The third-order valence-corrected chi connectivity index (χ3v) is 2.35. The molecule has 0 bridgehead atoms. The minimum absolute atomic E-state index is 1.33. The molecule has 0 heterocycles. The quantitative estimate of drug-likeness (QED) is 0.463. The normalized spacial score (nSPS) is 11.5. The lowest BCUT2D eigenvalue weighted by molar-refractivity contribution is -0.858. The van der Waals surface area contributed by atoms with E-state index >= 15 is 0 Å². The molecule has 2 N–H and O–H groups in total. The molecule has 0 aromatic rings. The van der Waals surface area contributed by atoms with Crippen LogP contribution in [0.4, 0.5) is 0 Å². The zero-order valence-electron chi connectivity index (χ0n) is 9.95. The zero-order valence-corrected chi connectivity index (χ0v) is 9.95. The Morgan fingerprint density at radius 1 is 0.538 bits per heavy atom. The number of hydrogen-bond acceptors (Lipinski definition) is 0. The van der Waals surface area contributed by atoms with Crippen molar-refractivity contribution in [2.45, 2.75) is 32.1 Å². The Morgan fingerprint density at radius 3 is 1.15 bits per heavy atom. The first kappa shape index (κ1) is 12.9. The lowest BCUT2D eigenvalue weighted by atomic mass is 10.1. The summed E-state index contributed by atoms with van der Waals surface area (Å²) in [5.41, 5.74) is 0. The Labute approximate surface area is 83.9 Å². The van der Waals surface area contributed by atoms with E-state index in [1.165, 1.54) is 45.2 Å². The van der Waals surface area contributed by atoms with Crippen LogP contribution in [0, 0.1) is 0 Å². The highest BCUT2D eigenvalue weighted by Gasteiger charge is 1.96. The predicted octanol–water partition coefficient (Wildman–Crippen LogP) is -0.774. The summed E-state index contributed by atoms with van der Waals surface area (Å²) in [5.74, 6) is 0. The standard InChI is InChI=1S/C11H26N2/c1-12(2)10-8-6-5-7-9-11-13(3)4/h5-11H2,1-4H3/p+2. The van der Waals surface area contributed by atoms with E-state index in [0.29, 0.717) is 0 Å². The molecule has 0 unspecified atom stereocenters. The van der Waals surface area contributed by atoms with Crippen LogP contribution in [0.15, 0.2) is 0 Å². The molecule has 0 rings (SSSR count). The van der Waals surface area contributed by atoms with E-state index in [1.807, 2.05) is 0 Å². The molecule has 0 fully saturated rings. The Bertz CT molecular complexity index is 88.3. The van der Waals surface area contributed by atoms with Crippen LogP contribution in [0.1, 0.15) is 32.1 Å². The van der Waals surface area contributed by atoms with Gasteiger partial charge in [0.15, 0.2) is 0 Å². The highest BCUT2D eigenvalue weighted by atomic mass is 15.0. The van der Waals surface area contributed by atoms with E-state index in [9.17, 15) is 0 Å². The van der Waals surface area contributed by atoms with Crippen LogP contribution in [-0.2, 0) is 0 Å². The smallest absolute Gasteiger partial charge is 0.0766 e. The van der Waals surface area contributed by atoms with Crippen LogP contribution in [0.3, 0.4) is 0 Å². The number of quaternary nitrogens is 2. The van der Waals surface area contributed by atoms with Gasteiger partial charge in [-0.1, -0.05) is 6.42 Å². The van der Waals surface area contributed by atoms with Crippen LogP contribution in [0.25, 0.3) is 0 Å². The Balaban J connectivity index is 2.92. The van der Waals surface area contributed by atoms with Crippen LogP contribution >= 0.6 is 0 Å². The maximum Gasteiger partial charge on any atom is 0.0766 e. The molecule has 0 saturated heterocycles. The summed E-state index contributed by atoms with van der Waals surface area (Å²) < 4.78 is 0. The van der Waals surface area contributed by atoms with Crippen molar-refractivity contribution >= 4 is 0 Å². The molecule has 80 valence electrons. The largest absolute Gasteiger partial charge is 0.340 e. The van der Waals surface area contributed by atoms with Crippen molar-refractivity contribution in [2.75, 3.05) is 41.3 Å². The average molecular weight is 188 g/mol. The van der Waals surface area contributed by atoms with Gasteiger partial charge in [0.2, 0.25) is 0 Å². The highest BCUT2D eigenvalue weighted by molar-refractivity contribution is 4.42. The topological polar surface area (TPSA) is 8.88 Å². The van der Waals surface area contributed by atoms with Gasteiger partial charge in [0.05, 0.1) is 41.3 Å². The highest BCUT2D eigenvalue weighted by Crippen LogP contribution is 2.00. The molecule has 0 atom stereocenters. The summed E-state index contributed by atoms with van der Waals surface area (Å²) in [5, 5.41) is 0. The first-order valence-corrected chi connectivity index (χ1v) is 5.71. The number of unbranched alkanes of at least 4 members (excludes halogenated alkanes) is 4. The Hall–Kier alpha value is -0.0800. The lowest BCUT2D eigenvalue weighted by Crippen LogP contribution is -3.05. The van der Waals surface area contributed by atoms with Gasteiger partial charge in [0.25, 0.3) is 0 Å². The molecule has 0 aromatic carbocycles. The molecule has 0 spiro atoms. The maximum absolute atomic E-state index is 2.23. The first-order valence-electron chi connectivity index (χ1n) is 5.71. The van der Waals surface area contributed by atoms with Crippen molar-refractivity contribution in [3.63, 3.8) is 0 Å². The van der Waals surface area contributed by atoms with Gasteiger partial charge in [0.1, 0.15) is 0 Å². The molecule has 0 aromatic heterocycles. The molecule has 0 aliphatic rings. The molecule has 0 saturated carbocycles. The van der Waals surface area contributed by atoms with Crippen molar-refractivity contribution in [1.82, 2.24) is 0 Å². The average Bonchev–Trinajstić information content (AvgIpc) is 2.01. The van der Waals surface area contributed by atoms with Gasteiger partial charge < -0.3 is 9.80 Å². The monoisotopic (exact) mass is 188 g/mol. The molecule has 2 nitrogen and oxygen atoms in total. The van der Waals surface area contributed by atoms with Crippen LogP contribution in [0.2, 0.25) is 0 Å². The van der Waals surface area contributed by atoms with Crippen LogP contribution < -0.4 is 9.80 Å². The number of rotatable bonds is 8. The molecular weight excluding hydrogens is 160 g/mol. The van der Waals surface area contributed by atoms with Crippen molar-refractivity contribution in [3.05, 3.63) is 0 Å². The van der Waals surface area contributed by atoms with E-state index in [2.05, 4.69) is 28.2 Å². The molecule has 0 aliphatic heterocycles. The third kappa shape index (κ3) is 11.9. The van der Waals surface area contributed by atoms with E-state index in [1.54, 1.807) is 9.80 Å². The summed E-state index contributed by atoms with van der Waals surface area (Å²) in [6.45, 7) is 2.66. The van der Waals surface area contributed by atoms with Gasteiger partial charge in [-0.15, -0.1) is 0 Å². The van der Waals surface area contributed by atoms with E-state index in [0.717, 1.165) is 0 Å². The zero-order chi connectivity index (χ0) is 10.1. The molecule has 0 aliphatic carbocycles. The second-order valence-electron chi connectivity index (χ2n) is 4.68. The van der Waals surface area contributed by atoms with E-state index in [-0.39, 0.29) is 0 Å². The molecule has 2 heteroatoms. The predicted molar refractivity (Wildman–Crippen MR) is 58.4 cm³/mol. The Morgan fingerprint density at radius 2 is 0.846 bits per heavy atom. The Kier molecular flexibility index (Phi) is 8.46.